The van der Waals surface area contributed by atoms with Gasteiger partial charge in [0.2, 0.25) is 0 Å². The molecule has 1 N–H and O–H groups in total. The Balaban J connectivity index is 1.89. The van der Waals surface area contributed by atoms with Crippen molar-refractivity contribution < 1.29 is 4.74 Å². The molecule has 4 heteroatoms. The van der Waals surface area contributed by atoms with Gasteiger partial charge in [-0.3, -0.25) is 0 Å². The molecule has 2 rings (SSSR count). The van der Waals surface area contributed by atoms with Crippen molar-refractivity contribution in [2.24, 2.45) is 5.92 Å². The van der Waals surface area contributed by atoms with Gasteiger partial charge in [0, 0.05) is 11.9 Å². The Bertz CT molecular complexity index is 499. The van der Waals surface area contributed by atoms with Gasteiger partial charge in [-0.2, -0.15) is 10.5 Å². The highest BCUT2D eigenvalue weighted by atomic mass is 16.5. The lowest BCUT2D eigenvalue weighted by Crippen LogP contribution is -1.98. The van der Waals surface area contributed by atoms with Crippen LogP contribution in [0.4, 0.5) is 5.69 Å². The molecule has 0 atom stereocenters. The van der Waals surface area contributed by atoms with Crippen LogP contribution in [0.1, 0.15) is 12.8 Å². The zero-order chi connectivity index (χ0) is 12.8. The van der Waals surface area contributed by atoms with Crippen molar-refractivity contribution in [1.29, 1.82) is 10.5 Å². The molecule has 0 saturated heterocycles. The number of nitrogens with zero attached hydrogens (tertiary/aromatic N) is 2. The Morgan fingerprint density at radius 1 is 1.28 bits per heavy atom. The molecule has 0 aromatic heterocycles. The van der Waals surface area contributed by atoms with E-state index in [1.165, 1.54) is 19.0 Å². The number of hydrogen-bond donors (Lipinski definition) is 1. The monoisotopic (exact) mass is 239 g/mol. The number of ether oxygens (including phenoxy) is 1. The van der Waals surface area contributed by atoms with Crippen LogP contribution in [-0.4, -0.2) is 6.61 Å². The van der Waals surface area contributed by atoms with Crippen molar-refractivity contribution in [2.45, 2.75) is 12.8 Å². The SMILES string of the molecule is N#CC(C#N)=CNc1ccc(OCC2CC2)cc1. The highest BCUT2D eigenvalue weighted by Crippen LogP contribution is 2.29. The van der Waals surface area contributed by atoms with Crippen LogP contribution in [0.3, 0.4) is 0 Å². The lowest BCUT2D eigenvalue weighted by molar-refractivity contribution is 0.300. The molecule has 0 spiro atoms. The number of allylic oxidation sites excluding steroid dienone is 1. The van der Waals surface area contributed by atoms with E-state index < -0.39 is 0 Å². The third-order valence-electron chi connectivity index (χ3n) is 2.66. The molecule has 1 aliphatic carbocycles. The molecule has 18 heavy (non-hydrogen) atoms. The van der Waals surface area contributed by atoms with E-state index in [1.54, 1.807) is 12.1 Å². The first-order valence-electron chi connectivity index (χ1n) is 5.81. The molecule has 0 heterocycles. The maximum Gasteiger partial charge on any atom is 0.145 e. The highest BCUT2D eigenvalue weighted by molar-refractivity contribution is 5.51. The average Bonchev–Trinajstić information content (AvgIpc) is 3.23. The van der Waals surface area contributed by atoms with Gasteiger partial charge in [0.05, 0.1) is 6.61 Å². The summed E-state index contributed by atoms with van der Waals surface area (Å²) in [7, 11) is 0. The number of benzene rings is 1. The fourth-order valence-electron chi connectivity index (χ4n) is 1.39. The lowest BCUT2D eigenvalue weighted by Gasteiger charge is -2.06. The first-order valence-corrected chi connectivity index (χ1v) is 5.81. The number of nitriles is 2. The van der Waals surface area contributed by atoms with Gasteiger partial charge in [-0.05, 0) is 43.0 Å². The average molecular weight is 239 g/mol. The van der Waals surface area contributed by atoms with Crippen molar-refractivity contribution in [3.05, 3.63) is 36.0 Å². The number of anilines is 1. The van der Waals surface area contributed by atoms with Gasteiger partial charge in [-0.25, -0.2) is 0 Å². The summed E-state index contributed by atoms with van der Waals surface area (Å²) in [4.78, 5) is 0. The van der Waals surface area contributed by atoms with Crippen LogP contribution in [0, 0.1) is 28.6 Å². The van der Waals surface area contributed by atoms with E-state index in [2.05, 4.69) is 5.32 Å². The third-order valence-corrected chi connectivity index (χ3v) is 2.66. The van der Waals surface area contributed by atoms with Crippen LogP contribution in [-0.2, 0) is 0 Å². The smallest absolute Gasteiger partial charge is 0.145 e. The van der Waals surface area contributed by atoms with E-state index in [-0.39, 0.29) is 5.57 Å². The van der Waals surface area contributed by atoms with E-state index in [9.17, 15) is 0 Å². The summed E-state index contributed by atoms with van der Waals surface area (Å²) in [5.41, 5.74) is 0.862. The van der Waals surface area contributed by atoms with Crippen molar-refractivity contribution >= 4 is 5.69 Å². The van der Waals surface area contributed by atoms with Gasteiger partial charge in [0.25, 0.3) is 0 Å². The minimum absolute atomic E-state index is 0.0454. The molecule has 1 fully saturated rings. The maximum absolute atomic E-state index is 8.58. The molecule has 1 aromatic rings. The zero-order valence-electron chi connectivity index (χ0n) is 9.89. The second-order valence-electron chi connectivity index (χ2n) is 4.20. The Morgan fingerprint density at radius 3 is 2.50 bits per heavy atom. The molecule has 90 valence electrons. The zero-order valence-corrected chi connectivity index (χ0v) is 9.89. The molecule has 0 bridgehead atoms. The predicted octanol–water partition coefficient (Wildman–Crippen LogP) is 2.82. The summed E-state index contributed by atoms with van der Waals surface area (Å²) in [6, 6.07) is 11.0. The van der Waals surface area contributed by atoms with E-state index in [0.717, 1.165) is 24.0 Å². The third kappa shape index (κ3) is 3.54. The second kappa shape index (κ2) is 5.75. The van der Waals surface area contributed by atoms with Crippen LogP contribution < -0.4 is 10.1 Å². The van der Waals surface area contributed by atoms with E-state index in [4.69, 9.17) is 15.3 Å². The molecule has 1 aromatic carbocycles. The largest absolute Gasteiger partial charge is 0.493 e. The Kier molecular flexibility index (Phi) is 3.83. The van der Waals surface area contributed by atoms with Gasteiger partial charge < -0.3 is 10.1 Å². The van der Waals surface area contributed by atoms with E-state index in [1.807, 2.05) is 24.3 Å². The van der Waals surface area contributed by atoms with Gasteiger partial charge in [0.15, 0.2) is 0 Å². The first-order chi connectivity index (χ1) is 8.81. The lowest BCUT2D eigenvalue weighted by atomic mass is 10.3. The molecule has 0 amide bonds. The van der Waals surface area contributed by atoms with Gasteiger partial charge >= 0.3 is 0 Å². The molecular formula is C14H13N3O. The summed E-state index contributed by atoms with van der Waals surface area (Å²) in [5, 5.41) is 20.0. The molecule has 1 aliphatic rings. The van der Waals surface area contributed by atoms with Gasteiger partial charge in [0.1, 0.15) is 23.5 Å². The summed E-state index contributed by atoms with van der Waals surface area (Å²) >= 11 is 0. The molecule has 0 unspecified atom stereocenters. The van der Waals surface area contributed by atoms with E-state index >= 15 is 0 Å². The number of hydrogen-bond acceptors (Lipinski definition) is 4. The van der Waals surface area contributed by atoms with Crippen LogP contribution in [0.2, 0.25) is 0 Å². The van der Waals surface area contributed by atoms with Crippen LogP contribution >= 0.6 is 0 Å². The molecule has 4 nitrogen and oxygen atoms in total. The molecule has 1 saturated carbocycles. The van der Waals surface area contributed by atoms with Crippen molar-refractivity contribution in [3.8, 4) is 17.9 Å². The van der Waals surface area contributed by atoms with Crippen molar-refractivity contribution in [1.82, 2.24) is 0 Å². The number of nitrogens with one attached hydrogen (secondary N) is 1. The van der Waals surface area contributed by atoms with Crippen molar-refractivity contribution in [2.75, 3.05) is 11.9 Å². The van der Waals surface area contributed by atoms with Crippen LogP contribution in [0.15, 0.2) is 36.0 Å². The van der Waals surface area contributed by atoms with Crippen LogP contribution in [0.5, 0.6) is 5.75 Å². The predicted molar refractivity (Wildman–Crippen MR) is 67.6 cm³/mol. The van der Waals surface area contributed by atoms with Gasteiger partial charge in [-0.15, -0.1) is 0 Å². The maximum atomic E-state index is 8.58. The second-order valence-corrected chi connectivity index (χ2v) is 4.20. The Morgan fingerprint density at radius 2 is 1.94 bits per heavy atom. The standard InChI is InChI=1S/C14H13N3O/c15-7-12(8-16)9-17-13-3-5-14(6-4-13)18-10-11-1-2-11/h3-6,9,11,17H,1-2,10H2. The molecule has 0 radical (unpaired) electrons. The normalized spacial score (nSPS) is 13.0. The topological polar surface area (TPSA) is 68.8 Å². The highest BCUT2D eigenvalue weighted by Gasteiger charge is 2.21. The Hall–Kier alpha value is -2.46. The number of rotatable bonds is 5. The summed E-state index contributed by atoms with van der Waals surface area (Å²) in [6.07, 6.45) is 3.94. The molecular weight excluding hydrogens is 226 g/mol. The van der Waals surface area contributed by atoms with Gasteiger partial charge in [-0.1, -0.05) is 0 Å². The summed E-state index contributed by atoms with van der Waals surface area (Å²) < 4.78 is 5.60. The first kappa shape index (κ1) is 12.0. The summed E-state index contributed by atoms with van der Waals surface area (Å²) in [6.45, 7) is 0.791. The fourth-order valence-corrected chi connectivity index (χ4v) is 1.39. The fraction of sp³-hybridized carbons (Fsp3) is 0.286. The summed E-state index contributed by atoms with van der Waals surface area (Å²) in [5.74, 6) is 1.58. The van der Waals surface area contributed by atoms with Crippen LogP contribution in [0.25, 0.3) is 0 Å². The Labute approximate surface area is 106 Å². The minimum Gasteiger partial charge on any atom is -0.493 e. The van der Waals surface area contributed by atoms with E-state index in [0.29, 0.717) is 0 Å². The minimum atomic E-state index is 0.0454. The quantitative estimate of drug-likeness (QED) is 0.802. The van der Waals surface area contributed by atoms with Crippen molar-refractivity contribution in [3.63, 3.8) is 0 Å². The molecule has 0 aliphatic heterocycles.